The summed E-state index contributed by atoms with van der Waals surface area (Å²) in [6, 6.07) is 0. The van der Waals surface area contributed by atoms with Gasteiger partial charge in [0.15, 0.2) is 0 Å². The normalized spacial score (nSPS) is 12.8. The van der Waals surface area contributed by atoms with Gasteiger partial charge in [0.05, 0.1) is 27.7 Å². The van der Waals surface area contributed by atoms with Crippen molar-refractivity contribution in [1.82, 2.24) is 0 Å². The summed E-state index contributed by atoms with van der Waals surface area (Å²) in [5, 5.41) is 8.76. The van der Waals surface area contributed by atoms with Gasteiger partial charge in [0, 0.05) is 0 Å². The SMILES string of the molecule is O=S(=O)=O.[CH2-]C(O)C[N+](C)(C)C. The Morgan fingerprint density at radius 1 is 1.33 bits per heavy atom. The molecule has 0 saturated carbocycles. The Labute approximate surface area is 74.3 Å². The Kier molecular flexibility index (Phi) is 7.16. The molecule has 0 aromatic rings. The summed E-state index contributed by atoms with van der Waals surface area (Å²) in [5.41, 5.74) is 0. The lowest BCUT2D eigenvalue weighted by Gasteiger charge is -2.27. The molecule has 1 unspecified atom stereocenters. The van der Waals surface area contributed by atoms with Gasteiger partial charge in [-0.05, 0) is 6.10 Å². The van der Waals surface area contributed by atoms with Crippen molar-refractivity contribution in [3.8, 4) is 0 Å². The van der Waals surface area contributed by atoms with Gasteiger partial charge < -0.3 is 16.5 Å². The number of aliphatic hydroxyl groups excluding tert-OH is 1. The Hall–Kier alpha value is -0.460. The maximum Gasteiger partial charge on any atom is 0.425 e. The fraction of sp³-hybridized carbons (Fsp3) is 0.833. The molecular weight excluding hydrogens is 182 g/mol. The molecule has 0 aromatic carbocycles. The van der Waals surface area contributed by atoms with Crippen LogP contribution in [0.3, 0.4) is 0 Å². The second-order valence-corrected chi connectivity index (χ2v) is 3.74. The zero-order chi connectivity index (χ0) is 10.4. The van der Waals surface area contributed by atoms with E-state index in [1.165, 1.54) is 0 Å². The van der Waals surface area contributed by atoms with Crippen molar-refractivity contribution in [2.75, 3.05) is 27.7 Å². The zero-order valence-corrected chi connectivity index (χ0v) is 8.34. The minimum Gasteiger partial charge on any atom is -0.420 e. The van der Waals surface area contributed by atoms with Crippen molar-refractivity contribution in [3.63, 3.8) is 0 Å². The van der Waals surface area contributed by atoms with E-state index >= 15 is 0 Å². The van der Waals surface area contributed by atoms with Gasteiger partial charge in [-0.2, -0.15) is 0 Å². The molecule has 6 heteroatoms. The average Bonchev–Trinajstić information content (AvgIpc) is 1.52. The third kappa shape index (κ3) is 33.8. The van der Waals surface area contributed by atoms with Crippen molar-refractivity contribution >= 4 is 10.6 Å². The van der Waals surface area contributed by atoms with E-state index in [1.807, 2.05) is 21.1 Å². The van der Waals surface area contributed by atoms with Gasteiger partial charge in [0.25, 0.3) is 0 Å². The number of nitrogens with zero attached hydrogens (tertiary/aromatic N) is 1. The van der Waals surface area contributed by atoms with Crippen LogP contribution in [0.25, 0.3) is 0 Å². The molecule has 0 fully saturated rings. The standard InChI is InChI=1S/C6H15NO.O3S/c1-6(8)5-7(2,3)4;1-4(2)3/h6,8H,1,5H2,2-4H3;. The van der Waals surface area contributed by atoms with E-state index in [-0.39, 0.29) is 0 Å². The highest BCUT2D eigenvalue weighted by molar-refractivity contribution is 7.59. The third-order valence-electron chi connectivity index (χ3n) is 0.758. The predicted octanol–water partition coefficient (Wildman–Crippen LogP) is -1.12. The van der Waals surface area contributed by atoms with Crippen LogP contribution in [0.4, 0.5) is 0 Å². The largest absolute Gasteiger partial charge is 0.425 e. The van der Waals surface area contributed by atoms with Crippen molar-refractivity contribution in [2.45, 2.75) is 6.10 Å². The van der Waals surface area contributed by atoms with Crippen molar-refractivity contribution in [2.24, 2.45) is 0 Å². The molecule has 1 atom stereocenters. The van der Waals surface area contributed by atoms with Gasteiger partial charge in [-0.3, -0.25) is 0 Å². The molecule has 0 radical (unpaired) electrons. The van der Waals surface area contributed by atoms with E-state index in [4.69, 9.17) is 17.7 Å². The molecule has 0 saturated heterocycles. The summed E-state index contributed by atoms with van der Waals surface area (Å²) >= 11 is 0. The molecule has 0 bridgehead atoms. The first-order chi connectivity index (χ1) is 5.15. The zero-order valence-electron chi connectivity index (χ0n) is 7.52. The number of hydrogen-bond acceptors (Lipinski definition) is 4. The van der Waals surface area contributed by atoms with Crippen LogP contribution in [-0.2, 0) is 10.6 Å². The number of likely N-dealkylation sites (N-methyl/N-ethyl adjacent to an activating group) is 1. The van der Waals surface area contributed by atoms with E-state index in [0.717, 1.165) is 4.48 Å². The second-order valence-electron chi connectivity index (χ2n) is 3.33. The second kappa shape index (κ2) is 6.10. The van der Waals surface area contributed by atoms with Gasteiger partial charge in [-0.25, -0.2) is 0 Å². The molecule has 0 aliphatic heterocycles. The summed E-state index contributed by atoms with van der Waals surface area (Å²) in [5.74, 6) is 0. The maximum atomic E-state index is 8.76. The minimum atomic E-state index is -3.11. The monoisotopic (exact) mass is 197 g/mol. The first-order valence-electron chi connectivity index (χ1n) is 3.23. The lowest BCUT2D eigenvalue weighted by molar-refractivity contribution is -0.872. The van der Waals surface area contributed by atoms with Crippen molar-refractivity contribution < 1.29 is 22.2 Å². The number of hydrogen-bond donors (Lipinski definition) is 1. The topological polar surface area (TPSA) is 71.4 Å². The molecule has 0 heterocycles. The molecule has 5 nitrogen and oxygen atoms in total. The lowest BCUT2D eigenvalue weighted by atomic mass is 10.3. The molecule has 0 aromatic heterocycles. The molecule has 0 amide bonds. The molecule has 0 rings (SSSR count). The van der Waals surface area contributed by atoms with Crippen LogP contribution in [0, 0.1) is 6.92 Å². The van der Waals surface area contributed by atoms with Crippen molar-refractivity contribution in [3.05, 3.63) is 6.92 Å². The van der Waals surface area contributed by atoms with E-state index in [9.17, 15) is 0 Å². The van der Waals surface area contributed by atoms with Crippen LogP contribution < -0.4 is 0 Å². The van der Waals surface area contributed by atoms with Gasteiger partial charge in [-0.1, -0.05) is 0 Å². The number of quaternary nitrogens is 1. The smallest absolute Gasteiger partial charge is 0.420 e. The van der Waals surface area contributed by atoms with Crippen LogP contribution in [0.15, 0.2) is 0 Å². The highest BCUT2D eigenvalue weighted by Crippen LogP contribution is 1.91. The van der Waals surface area contributed by atoms with E-state index in [2.05, 4.69) is 6.92 Å². The Morgan fingerprint density at radius 3 is 1.58 bits per heavy atom. The van der Waals surface area contributed by atoms with Crippen molar-refractivity contribution in [1.29, 1.82) is 0 Å². The highest BCUT2D eigenvalue weighted by atomic mass is 32.2. The molecule has 0 aliphatic carbocycles. The Balaban J connectivity index is 0. The summed E-state index contributed by atoms with van der Waals surface area (Å²) in [7, 11) is 2.96. The molecule has 12 heavy (non-hydrogen) atoms. The van der Waals surface area contributed by atoms with Gasteiger partial charge in [-0.15, -0.1) is 12.6 Å². The molecule has 0 aliphatic rings. The van der Waals surface area contributed by atoms with Crippen LogP contribution in [0.2, 0.25) is 0 Å². The first kappa shape index (κ1) is 14.1. The van der Waals surface area contributed by atoms with E-state index < -0.39 is 16.7 Å². The Morgan fingerprint density at radius 2 is 1.58 bits per heavy atom. The lowest BCUT2D eigenvalue weighted by Crippen LogP contribution is -2.40. The van der Waals surface area contributed by atoms with Gasteiger partial charge in [0.1, 0.15) is 0 Å². The molecule has 0 spiro atoms. The average molecular weight is 197 g/mol. The maximum absolute atomic E-state index is 8.76. The molecular formula is C6H15NO4S. The fourth-order valence-electron chi connectivity index (χ4n) is 0.632. The van der Waals surface area contributed by atoms with Gasteiger partial charge in [0.2, 0.25) is 0 Å². The summed E-state index contributed by atoms with van der Waals surface area (Å²) in [4.78, 5) is 0. The number of aliphatic hydroxyl groups is 1. The third-order valence-corrected chi connectivity index (χ3v) is 0.758. The van der Waals surface area contributed by atoms with Crippen LogP contribution >= 0.6 is 0 Å². The van der Waals surface area contributed by atoms with Gasteiger partial charge >= 0.3 is 10.6 Å². The quantitative estimate of drug-likeness (QED) is 0.450. The summed E-state index contributed by atoms with van der Waals surface area (Å²) < 4.78 is 26.1. The summed E-state index contributed by atoms with van der Waals surface area (Å²) in [6.07, 6.45) is -0.435. The van der Waals surface area contributed by atoms with Crippen LogP contribution in [0.5, 0.6) is 0 Å². The van der Waals surface area contributed by atoms with E-state index in [0.29, 0.717) is 6.54 Å². The molecule has 1 N–H and O–H groups in total. The van der Waals surface area contributed by atoms with E-state index in [1.54, 1.807) is 0 Å². The van der Waals surface area contributed by atoms with Crippen LogP contribution in [-0.4, -0.2) is 56.0 Å². The summed E-state index contributed by atoms with van der Waals surface area (Å²) in [6.45, 7) is 4.17. The highest BCUT2D eigenvalue weighted by Gasteiger charge is 2.05. The fourth-order valence-corrected chi connectivity index (χ4v) is 0.632. The minimum absolute atomic E-state index is 0.435. The molecule has 74 valence electrons. The predicted molar refractivity (Wildman–Crippen MR) is 44.0 cm³/mol. The Bertz CT molecular complexity index is 192. The first-order valence-corrected chi connectivity index (χ1v) is 4.23. The van der Waals surface area contributed by atoms with Crippen LogP contribution in [0.1, 0.15) is 0 Å². The number of rotatable bonds is 2.